The van der Waals surface area contributed by atoms with E-state index >= 15 is 0 Å². The lowest BCUT2D eigenvalue weighted by Gasteiger charge is -2.48. The molecule has 0 spiro atoms. The van der Waals surface area contributed by atoms with Crippen molar-refractivity contribution in [1.82, 2.24) is 14.7 Å². The zero-order chi connectivity index (χ0) is 32.5. The van der Waals surface area contributed by atoms with E-state index in [4.69, 9.17) is 16.3 Å². The lowest BCUT2D eigenvalue weighted by Crippen LogP contribution is -2.48. The molecule has 1 fully saturated rings. The van der Waals surface area contributed by atoms with Gasteiger partial charge in [-0.2, -0.15) is 0 Å². The van der Waals surface area contributed by atoms with Crippen molar-refractivity contribution in [2.75, 3.05) is 18.0 Å². The van der Waals surface area contributed by atoms with Crippen LogP contribution in [0.25, 0.3) is 0 Å². The average molecular weight is 665 g/mol. The minimum atomic E-state index is -4.00. The largest absolute Gasteiger partial charge is 0.487 e. The molecular formula is C35H41ClN4O5S. The van der Waals surface area contributed by atoms with Crippen LogP contribution in [0.3, 0.4) is 0 Å². The van der Waals surface area contributed by atoms with Crippen molar-refractivity contribution < 1.29 is 23.1 Å². The van der Waals surface area contributed by atoms with Crippen LogP contribution in [-0.2, 0) is 28.7 Å². The number of carbonyl (C=O) groups is 1. The van der Waals surface area contributed by atoms with Gasteiger partial charge in [0.2, 0.25) is 10.0 Å². The van der Waals surface area contributed by atoms with Gasteiger partial charge in [0.1, 0.15) is 24.3 Å². The van der Waals surface area contributed by atoms with Crippen LogP contribution < -0.4 is 14.4 Å². The highest BCUT2D eigenvalue weighted by Crippen LogP contribution is 2.49. The first-order valence-electron chi connectivity index (χ1n) is 16.1. The second kappa shape index (κ2) is 13.3. The molecule has 11 heteroatoms. The molecule has 46 heavy (non-hydrogen) atoms. The predicted molar refractivity (Wildman–Crippen MR) is 178 cm³/mol. The van der Waals surface area contributed by atoms with E-state index < -0.39 is 26.8 Å². The number of hydrogen-bond acceptors (Lipinski definition) is 8. The van der Waals surface area contributed by atoms with Gasteiger partial charge in [0.25, 0.3) is 5.91 Å². The van der Waals surface area contributed by atoms with Crippen LogP contribution in [0.1, 0.15) is 73.0 Å². The summed E-state index contributed by atoms with van der Waals surface area (Å²) < 4.78 is 35.5. The zero-order valence-corrected chi connectivity index (χ0v) is 27.8. The number of fused-ring (bicyclic) bond motifs is 3. The Balaban J connectivity index is 1.43. The van der Waals surface area contributed by atoms with E-state index in [9.17, 15) is 18.3 Å². The summed E-state index contributed by atoms with van der Waals surface area (Å²) in [7, 11) is -4.00. The van der Waals surface area contributed by atoms with Crippen molar-refractivity contribution >= 4 is 33.2 Å². The Morgan fingerprint density at radius 1 is 1.07 bits per heavy atom. The molecule has 6 rings (SSSR count). The molecule has 5 atom stereocenters. The molecule has 3 heterocycles. The van der Waals surface area contributed by atoms with Crippen LogP contribution in [0, 0.1) is 17.8 Å². The number of carbonyl (C=O) groups excluding carboxylic acids is 1. The first kappa shape index (κ1) is 32.5. The van der Waals surface area contributed by atoms with Crippen LogP contribution in [-0.4, -0.2) is 47.7 Å². The molecule has 3 aliphatic rings. The maximum absolute atomic E-state index is 13.4. The van der Waals surface area contributed by atoms with E-state index in [0.717, 1.165) is 48.9 Å². The van der Waals surface area contributed by atoms with Crippen molar-refractivity contribution in [2.45, 2.75) is 69.8 Å². The standard InChI is InChI=1S/C35H41ClN4O5S/c1-23-6-5-14-35(42,29-18-37-22-38-19-29)31-12-9-27(31)20-40-15-4-3-7-25-16-30(36)11-8-28(25)21-45-33-13-10-26(17-32(33)40)34(41)39-46(43,44)24(23)2/h5,8,10-11,13-14,16-19,22-24,27,31,42H,3-4,6-7,9,12,15,20-21H2,1-2H3,(H,39,41)/b14-5+/t23-,24+,27-,31+,35+/m0/s1. The molecular weight excluding hydrogens is 624 g/mol. The summed E-state index contributed by atoms with van der Waals surface area (Å²) in [5, 5.41) is 12.2. The number of aromatic nitrogens is 2. The highest BCUT2D eigenvalue weighted by molar-refractivity contribution is 7.90. The summed E-state index contributed by atoms with van der Waals surface area (Å²) in [6.45, 7) is 5.08. The van der Waals surface area contributed by atoms with Crippen molar-refractivity contribution in [3.05, 3.63) is 94.5 Å². The summed E-state index contributed by atoms with van der Waals surface area (Å²) in [5.41, 5.74) is 2.46. The van der Waals surface area contributed by atoms with Gasteiger partial charge >= 0.3 is 0 Å². The summed E-state index contributed by atoms with van der Waals surface area (Å²) >= 11 is 6.34. The number of aliphatic hydroxyl groups is 1. The summed E-state index contributed by atoms with van der Waals surface area (Å²) in [5.74, 6) is -0.367. The molecule has 9 nitrogen and oxygen atoms in total. The molecule has 2 N–H and O–H groups in total. The van der Waals surface area contributed by atoms with Gasteiger partial charge in [-0.25, -0.2) is 23.1 Å². The number of halogens is 1. The molecule has 1 saturated carbocycles. The van der Waals surface area contributed by atoms with E-state index in [0.29, 0.717) is 42.5 Å². The van der Waals surface area contributed by atoms with Gasteiger partial charge in [-0.3, -0.25) is 4.79 Å². The van der Waals surface area contributed by atoms with Gasteiger partial charge in [0.15, 0.2) is 0 Å². The summed E-state index contributed by atoms with van der Waals surface area (Å²) in [6.07, 6.45) is 13.2. The van der Waals surface area contributed by atoms with Gasteiger partial charge in [0, 0.05) is 47.6 Å². The van der Waals surface area contributed by atoms with Crippen LogP contribution in [0.4, 0.5) is 5.69 Å². The number of sulfonamides is 1. The number of aryl methyl sites for hydroxylation is 1. The zero-order valence-electron chi connectivity index (χ0n) is 26.2. The fourth-order valence-electron chi connectivity index (χ4n) is 6.91. The highest BCUT2D eigenvalue weighted by Gasteiger charge is 2.47. The second-order valence-corrected chi connectivity index (χ2v) is 15.5. The molecule has 2 aliphatic heterocycles. The summed E-state index contributed by atoms with van der Waals surface area (Å²) in [6, 6.07) is 11.0. The lowest BCUT2D eigenvalue weighted by molar-refractivity contribution is -0.0503. The maximum atomic E-state index is 13.4. The minimum absolute atomic E-state index is 0.112. The van der Waals surface area contributed by atoms with E-state index in [2.05, 4.69) is 19.6 Å². The number of nitrogens with one attached hydrogen (secondary N) is 1. The Kier molecular flexibility index (Phi) is 9.41. The Hall–Kier alpha value is -3.47. The SMILES string of the molecule is C[C@@H]1[C@@H](C)C/C=C/[C@@](O)(c2cncnc2)[C@@H]2CC[C@H]2CN2CCCCc3cc(Cl)ccc3COc3ccc(cc32)C(=O)NS1(=O)=O. The lowest BCUT2D eigenvalue weighted by atomic mass is 9.62. The number of benzene rings is 2. The van der Waals surface area contributed by atoms with Crippen molar-refractivity contribution in [3.63, 3.8) is 0 Å². The third-order valence-corrected chi connectivity index (χ3v) is 12.3. The number of nitrogens with zero attached hydrogens (tertiary/aromatic N) is 3. The predicted octanol–water partition coefficient (Wildman–Crippen LogP) is 5.81. The fourth-order valence-corrected chi connectivity index (χ4v) is 8.39. The second-order valence-electron chi connectivity index (χ2n) is 13.0. The molecule has 3 aromatic rings. The maximum Gasteiger partial charge on any atom is 0.264 e. The van der Waals surface area contributed by atoms with Crippen molar-refractivity contribution in [2.24, 2.45) is 17.8 Å². The smallest absolute Gasteiger partial charge is 0.264 e. The fraction of sp³-hybridized carbons (Fsp3) is 0.457. The van der Waals surface area contributed by atoms with Gasteiger partial charge in [-0.15, -0.1) is 0 Å². The van der Waals surface area contributed by atoms with E-state index in [1.807, 2.05) is 31.2 Å². The van der Waals surface area contributed by atoms with Crippen LogP contribution >= 0.6 is 11.6 Å². The molecule has 1 aromatic heterocycles. The van der Waals surface area contributed by atoms with Crippen LogP contribution in [0.2, 0.25) is 5.02 Å². The van der Waals surface area contributed by atoms with E-state index in [-0.39, 0.29) is 23.3 Å². The van der Waals surface area contributed by atoms with Gasteiger partial charge in [-0.05, 0) is 98.7 Å². The van der Waals surface area contributed by atoms with Gasteiger partial charge in [-0.1, -0.05) is 36.7 Å². The number of anilines is 1. The molecule has 2 bridgehead atoms. The van der Waals surface area contributed by atoms with Crippen molar-refractivity contribution in [1.29, 1.82) is 0 Å². The molecule has 1 aliphatic carbocycles. The first-order valence-corrected chi connectivity index (χ1v) is 18.0. The normalized spacial score (nSPS) is 29.0. The number of hydrogen-bond donors (Lipinski definition) is 2. The van der Waals surface area contributed by atoms with E-state index in [1.54, 1.807) is 43.6 Å². The van der Waals surface area contributed by atoms with Crippen LogP contribution in [0.5, 0.6) is 5.75 Å². The molecule has 0 radical (unpaired) electrons. The minimum Gasteiger partial charge on any atom is -0.487 e. The topological polar surface area (TPSA) is 122 Å². The first-order chi connectivity index (χ1) is 22.0. The quantitative estimate of drug-likeness (QED) is 0.313. The summed E-state index contributed by atoms with van der Waals surface area (Å²) in [4.78, 5) is 24.1. The Morgan fingerprint density at radius 2 is 1.87 bits per heavy atom. The molecule has 1 amide bonds. The van der Waals surface area contributed by atoms with Gasteiger partial charge in [0.05, 0.1) is 10.9 Å². The third kappa shape index (κ3) is 6.66. The monoisotopic (exact) mass is 664 g/mol. The Morgan fingerprint density at radius 3 is 2.63 bits per heavy atom. The van der Waals surface area contributed by atoms with E-state index in [1.165, 1.54) is 6.33 Å². The number of allylic oxidation sites excluding steroid dienone is 1. The molecule has 2 aromatic carbocycles. The average Bonchev–Trinajstić information content (AvgIpc) is 3.05. The number of amides is 1. The Labute approximate surface area is 276 Å². The number of ether oxygens (including phenoxy) is 1. The number of rotatable bonds is 1. The van der Waals surface area contributed by atoms with Crippen molar-refractivity contribution in [3.8, 4) is 5.75 Å². The molecule has 0 unspecified atom stereocenters. The molecule has 0 saturated heterocycles. The molecule has 244 valence electrons. The Bertz CT molecular complexity index is 1720. The van der Waals surface area contributed by atoms with Gasteiger partial charge < -0.3 is 14.7 Å². The van der Waals surface area contributed by atoms with Crippen LogP contribution in [0.15, 0.2) is 67.3 Å². The third-order valence-electron chi connectivity index (χ3n) is 10.1. The highest BCUT2D eigenvalue weighted by atomic mass is 35.5.